The predicted molar refractivity (Wildman–Crippen MR) is 183 cm³/mol. The molecule has 13 nitrogen and oxygen atoms in total. The summed E-state index contributed by atoms with van der Waals surface area (Å²) in [5, 5.41) is 28.6. The van der Waals surface area contributed by atoms with Crippen molar-refractivity contribution in [1.82, 2.24) is 10.6 Å². The highest BCUT2D eigenvalue weighted by Gasteiger charge is 2.32. The van der Waals surface area contributed by atoms with Crippen molar-refractivity contribution in [3.63, 3.8) is 0 Å². The number of hydrogen-bond acceptors (Lipinski definition) is 11. The zero-order valence-corrected chi connectivity index (χ0v) is 28.7. The lowest BCUT2D eigenvalue weighted by atomic mass is 9.84. The number of phenolic OH excluding ortho intramolecular Hbond substituents is 2. The monoisotopic (exact) mass is 692 g/mol. The number of Topliss-reactive ketones (excluding diaryl/α,β-unsaturated/α-hetero) is 1. The minimum atomic E-state index is -1.09. The van der Waals surface area contributed by atoms with Gasteiger partial charge in [-0.1, -0.05) is 12.2 Å². The van der Waals surface area contributed by atoms with E-state index in [0.717, 1.165) is 0 Å². The van der Waals surface area contributed by atoms with E-state index in [9.17, 15) is 29.4 Å². The minimum absolute atomic E-state index is 0.125. The van der Waals surface area contributed by atoms with Crippen LogP contribution in [0.5, 0.6) is 28.7 Å². The lowest BCUT2D eigenvalue weighted by molar-refractivity contribution is -0.126. The molecule has 1 aliphatic heterocycles. The zero-order chi connectivity index (χ0) is 36.2. The number of carbonyl (C=O) groups excluding carboxylic acids is 4. The molecule has 3 aromatic rings. The number of methoxy groups -OCH3 is 3. The van der Waals surface area contributed by atoms with Crippen molar-refractivity contribution >= 4 is 29.6 Å². The van der Waals surface area contributed by atoms with E-state index < -0.39 is 41.3 Å². The van der Waals surface area contributed by atoms with Crippen LogP contribution in [0.3, 0.4) is 0 Å². The first kappa shape index (κ1) is 37.4. The second-order valence-corrected chi connectivity index (χ2v) is 11.9. The summed E-state index contributed by atoms with van der Waals surface area (Å²) in [7, 11) is 4.28. The number of esters is 1. The molecule has 1 unspecified atom stereocenters. The van der Waals surface area contributed by atoms with Crippen LogP contribution in [0.15, 0.2) is 47.1 Å². The molecule has 0 saturated heterocycles. The second kappa shape index (κ2) is 17.8. The van der Waals surface area contributed by atoms with Crippen molar-refractivity contribution in [2.75, 3.05) is 27.9 Å². The van der Waals surface area contributed by atoms with Gasteiger partial charge in [0.2, 0.25) is 17.6 Å². The molecule has 2 amide bonds. The molecule has 50 heavy (non-hydrogen) atoms. The number of benzene rings is 2. The van der Waals surface area contributed by atoms with Crippen LogP contribution in [0.2, 0.25) is 0 Å². The summed E-state index contributed by atoms with van der Waals surface area (Å²) >= 11 is 0. The van der Waals surface area contributed by atoms with Gasteiger partial charge in [0.1, 0.15) is 28.6 Å². The summed E-state index contributed by atoms with van der Waals surface area (Å²) in [5.41, 5.74) is 0.250. The number of hydrogen-bond donors (Lipinski definition) is 4. The Hall–Kier alpha value is -5.46. The third-order valence-electron chi connectivity index (χ3n) is 8.36. The van der Waals surface area contributed by atoms with Gasteiger partial charge in [0.05, 0.1) is 46.8 Å². The molecule has 2 aromatic carbocycles. The third-order valence-corrected chi connectivity index (χ3v) is 8.36. The molecule has 4 rings (SSSR count). The van der Waals surface area contributed by atoms with Gasteiger partial charge < -0.3 is 44.2 Å². The molecular formula is C37H44N2O11. The van der Waals surface area contributed by atoms with E-state index >= 15 is 0 Å². The molecule has 1 aromatic heterocycles. The number of cyclic esters (lactones) is 1. The Morgan fingerprint density at radius 2 is 1.70 bits per heavy atom. The topological polar surface area (TPSA) is 183 Å². The quantitative estimate of drug-likeness (QED) is 0.195. The lowest BCUT2D eigenvalue weighted by Gasteiger charge is -2.24. The molecule has 0 saturated carbocycles. The Morgan fingerprint density at radius 3 is 2.36 bits per heavy atom. The number of phenols is 2. The smallest absolute Gasteiger partial charge is 0.342 e. The molecule has 1 aliphatic rings. The Morgan fingerprint density at radius 1 is 0.980 bits per heavy atom. The molecule has 0 bridgehead atoms. The maximum atomic E-state index is 13.7. The van der Waals surface area contributed by atoms with E-state index in [4.69, 9.17) is 23.4 Å². The van der Waals surface area contributed by atoms with Gasteiger partial charge in [0.25, 0.3) is 0 Å². The summed E-state index contributed by atoms with van der Waals surface area (Å²) in [6, 6.07) is 7.86. The first-order chi connectivity index (χ1) is 24.1. The summed E-state index contributed by atoms with van der Waals surface area (Å²) in [5.74, 6) is -2.51. The third kappa shape index (κ3) is 9.58. The Bertz CT molecular complexity index is 1670. The first-order valence-corrected chi connectivity index (χ1v) is 16.4. The number of amides is 2. The van der Waals surface area contributed by atoms with Crippen LogP contribution >= 0.6 is 0 Å². The van der Waals surface area contributed by atoms with Gasteiger partial charge in [-0.15, -0.1) is 0 Å². The van der Waals surface area contributed by atoms with Crippen molar-refractivity contribution in [2.24, 2.45) is 0 Å². The van der Waals surface area contributed by atoms with E-state index in [1.165, 1.54) is 33.7 Å². The van der Waals surface area contributed by atoms with E-state index in [1.807, 2.05) is 0 Å². The van der Waals surface area contributed by atoms with E-state index in [2.05, 4.69) is 10.6 Å². The molecule has 2 atom stereocenters. The number of furan rings is 1. The summed E-state index contributed by atoms with van der Waals surface area (Å²) in [6.45, 7) is 1.48. The Balaban J connectivity index is 1.76. The number of aromatic hydroxyl groups is 2. The number of rotatable bonds is 11. The van der Waals surface area contributed by atoms with Gasteiger partial charge in [-0.05, 0) is 74.1 Å². The molecule has 268 valence electrons. The number of ketones is 1. The average molecular weight is 693 g/mol. The van der Waals surface area contributed by atoms with Crippen LogP contribution in [0.4, 0.5) is 0 Å². The minimum Gasteiger partial charge on any atom is -0.507 e. The van der Waals surface area contributed by atoms with Crippen molar-refractivity contribution in [3.8, 4) is 28.7 Å². The van der Waals surface area contributed by atoms with Crippen LogP contribution in [0, 0.1) is 0 Å². The van der Waals surface area contributed by atoms with E-state index in [-0.39, 0.29) is 59.2 Å². The molecule has 13 heteroatoms. The van der Waals surface area contributed by atoms with Gasteiger partial charge >= 0.3 is 5.97 Å². The fourth-order valence-corrected chi connectivity index (χ4v) is 5.81. The van der Waals surface area contributed by atoms with Crippen molar-refractivity contribution in [1.29, 1.82) is 0 Å². The second-order valence-electron chi connectivity index (χ2n) is 11.9. The molecule has 2 heterocycles. The largest absolute Gasteiger partial charge is 0.507 e. The van der Waals surface area contributed by atoms with Crippen LogP contribution in [-0.4, -0.2) is 67.8 Å². The van der Waals surface area contributed by atoms with Crippen LogP contribution in [0.1, 0.15) is 90.6 Å². The Labute approximate surface area is 290 Å². The number of allylic oxidation sites excluding steroid dienone is 1. The van der Waals surface area contributed by atoms with Gasteiger partial charge in [-0.25, -0.2) is 4.79 Å². The highest BCUT2D eigenvalue weighted by molar-refractivity contribution is 5.98. The number of carbonyl (C=O) groups is 4. The van der Waals surface area contributed by atoms with Crippen molar-refractivity contribution in [3.05, 3.63) is 70.7 Å². The lowest BCUT2D eigenvalue weighted by Crippen LogP contribution is -2.37. The van der Waals surface area contributed by atoms with E-state index in [0.29, 0.717) is 49.8 Å². The van der Waals surface area contributed by atoms with Crippen molar-refractivity contribution in [2.45, 2.75) is 70.4 Å². The summed E-state index contributed by atoms with van der Waals surface area (Å²) in [6.07, 6.45) is 6.82. The number of ether oxygens (including phenoxy) is 4. The van der Waals surface area contributed by atoms with Crippen LogP contribution in [-0.2, 0) is 25.7 Å². The molecule has 0 spiro atoms. The standard InChI is InChI=1S/C37H44N2O11/c1-22-10-8-13-25(40)12-7-5-6-11-23-16-28(41)34(35(44)33(23)37(45)50-22)27(24-17-29(46-2)36(48-4)30(18-24)47-3)19-31(42)39-21-32(43)38-20-26-14-9-15-49-26/h6,9,11,14-18,22,27,41,44H,5,7-8,10,12-13,19-21H2,1-4H3,(H,38,43)(H,39,42)/t22-,27?/m0/s1. The van der Waals surface area contributed by atoms with E-state index in [1.54, 1.807) is 43.3 Å². The van der Waals surface area contributed by atoms with Gasteiger partial charge in [0, 0.05) is 30.7 Å². The molecule has 4 N–H and O–H groups in total. The highest BCUT2D eigenvalue weighted by atomic mass is 16.5. The average Bonchev–Trinajstić information content (AvgIpc) is 3.62. The highest BCUT2D eigenvalue weighted by Crippen LogP contribution is 2.47. The fraction of sp³-hybridized carbons (Fsp3) is 0.405. The maximum Gasteiger partial charge on any atom is 0.342 e. The van der Waals surface area contributed by atoms with Gasteiger partial charge in [-0.2, -0.15) is 0 Å². The summed E-state index contributed by atoms with van der Waals surface area (Å²) < 4.78 is 27.5. The van der Waals surface area contributed by atoms with Crippen molar-refractivity contribution < 1.29 is 52.8 Å². The molecule has 0 aliphatic carbocycles. The summed E-state index contributed by atoms with van der Waals surface area (Å²) in [4.78, 5) is 51.8. The Kier molecular flexibility index (Phi) is 13.3. The number of fused-ring (bicyclic) bond motifs is 1. The predicted octanol–water partition coefficient (Wildman–Crippen LogP) is 5.15. The molecular weight excluding hydrogens is 648 g/mol. The van der Waals surface area contributed by atoms with Gasteiger partial charge in [0.15, 0.2) is 11.5 Å². The SMILES string of the molecule is COc1cc(C(CC(=O)NCC(=O)NCc2ccco2)c2c(O)cc3c(c2O)C(=O)O[C@@H](C)CCCC(=O)CCCC=C3)cc(OC)c1OC. The maximum absolute atomic E-state index is 13.7. The normalized spacial score (nSPS) is 16.0. The van der Waals surface area contributed by atoms with Gasteiger partial charge in [-0.3, -0.25) is 14.4 Å². The zero-order valence-electron chi connectivity index (χ0n) is 28.7. The van der Waals surface area contributed by atoms with Crippen LogP contribution in [0.25, 0.3) is 6.08 Å². The fourth-order valence-electron chi connectivity index (χ4n) is 5.81. The van der Waals surface area contributed by atoms with Crippen LogP contribution < -0.4 is 24.8 Å². The number of nitrogens with one attached hydrogen (secondary N) is 2. The molecule has 0 radical (unpaired) electrons. The molecule has 0 fully saturated rings. The first-order valence-electron chi connectivity index (χ1n) is 16.4.